The highest BCUT2D eigenvalue weighted by atomic mass is 15.2. The summed E-state index contributed by atoms with van der Waals surface area (Å²) in [6.45, 7) is 14.2. The van der Waals surface area contributed by atoms with Crippen LogP contribution in [-0.2, 0) is 0 Å². The van der Waals surface area contributed by atoms with E-state index < -0.39 is 0 Å². The number of hydrogen-bond acceptors (Lipinski definition) is 3. The van der Waals surface area contributed by atoms with Crippen molar-refractivity contribution in [2.75, 3.05) is 0 Å². The van der Waals surface area contributed by atoms with E-state index in [-0.39, 0.29) is 0 Å². The lowest BCUT2D eigenvalue weighted by Crippen LogP contribution is -2.08. The van der Waals surface area contributed by atoms with Crippen LogP contribution in [0.4, 0.5) is 0 Å². The summed E-state index contributed by atoms with van der Waals surface area (Å²) in [5, 5.41) is 5.72. The minimum absolute atomic E-state index is 0.499. The fraction of sp³-hybridized carbons (Fsp3) is 0.0192. The van der Waals surface area contributed by atoms with Gasteiger partial charge in [0.1, 0.15) is 0 Å². The second kappa shape index (κ2) is 14.0. The molecule has 0 fully saturated rings. The molecule has 0 amide bonds. The molecule has 0 aliphatic heterocycles. The van der Waals surface area contributed by atoms with Crippen LogP contribution in [-0.4, -0.2) is 28.7 Å². The van der Waals surface area contributed by atoms with E-state index in [4.69, 9.17) is 15.0 Å². The normalized spacial score (nSPS) is 12.1. The van der Waals surface area contributed by atoms with Crippen LogP contribution in [0, 0.1) is 6.92 Å². The Balaban J connectivity index is 1.30. The highest BCUT2D eigenvalue weighted by Crippen LogP contribution is 2.41. The number of hydrogen-bond donors (Lipinski definition) is 0. The zero-order valence-corrected chi connectivity index (χ0v) is 32.0. The summed E-state index contributed by atoms with van der Waals surface area (Å²) < 4.78 is 6.86. The molecule has 0 bridgehead atoms. The van der Waals surface area contributed by atoms with Crippen LogP contribution in [0.5, 0.6) is 0 Å². The van der Waals surface area contributed by atoms with Gasteiger partial charge in [0.25, 0.3) is 0 Å². The number of benzene rings is 6. The van der Waals surface area contributed by atoms with E-state index in [1.165, 1.54) is 16.3 Å². The number of allylic oxidation sites excluding steroid dienone is 6. The average Bonchev–Trinajstić information content (AvgIpc) is 3.90. The predicted molar refractivity (Wildman–Crippen MR) is 243 cm³/mol. The molecule has 0 saturated carbocycles. The number of aromatic nitrogens is 6. The fourth-order valence-electron chi connectivity index (χ4n) is 8.48. The Hall–Kier alpha value is -7.83. The Kier molecular flexibility index (Phi) is 8.38. The Morgan fingerprint density at radius 1 is 0.534 bits per heavy atom. The van der Waals surface area contributed by atoms with Crippen LogP contribution < -0.4 is 0 Å². The molecule has 10 aromatic rings. The van der Waals surface area contributed by atoms with Crippen molar-refractivity contribution in [2.45, 2.75) is 6.92 Å². The van der Waals surface area contributed by atoms with Crippen LogP contribution in [0.2, 0.25) is 0 Å². The van der Waals surface area contributed by atoms with Gasteiger partial charge in [-0.1, -0.05) is 147 Å². The first-order valence-electron chi connectivity index (χ1n) is 19.3. The van der Waals surface area contributed by atoms with Crippen LogP contribution in [0.25, 0.3) is 94.9 Å². The first-order chi connectivity index (χ1) is 28.6. The van der Waals surface area contributed by atoms with Gasteiger partial charge in [-0.05, 0) is 61.0 Å². The van der Waals surface area contributed by atoms with E-state index in [9.17, 15) is 0 Å². The maximum atomic E-state index is 5.37. The largest absolute Gasteiger partial charge is 0.310 e. The molecule has 0 aliphatic rings. The molecule has 4 heterocycles. The van der Waals surface area contributed by atoms with Gasteiger partial charge in [0.2, 0.25) is 5.95 Å². The first kappa shape index (κ1) is 34.6. The lowest BCUT2D eigenvalue weighted by atomic mass is 10.1. The molecule has 276 valence electrons. The van der Waals surface area contributed by atoms with Gasteiger partial charge in [0.05, 0.1) is 27.6 Å². The van der Waals surface area contributed by atoms with Crippen molar-refractivity contribution in [2.24, 2.45) is 0 Å². The second-order valence-corrected chi connectivity index (χ2v) is 14.3. The third kappa shape index (κ3) is 5.38. The Morgan fingerprint density at radius 2 is 1.14 bits per heavy atom. The number of fused-ring (bicyclic) bond motifs is 8. The van der Waals surface area contributed by atoms with Gasteiger partial charge in [0, 0.05) is 55.1 Å². The lowest BCUT2D eigenvalue weighted by Gasteiger charge is -2.14. The molecule has 58 heavy (non-hydrogen) atoms. The zero-order chi connectivity index (χ0) is 39.3. The highest BCUT2D eigenvalue weighted by Gasteiger charge is 2.24. The van der Waals surface area contributed by atoms with Gasteiger partial charge in [-0.2, -0.15) is 9.97 Å². The molecular formula is C52H38N6. The van der Waals surface area contributed by atoms with Gasteiger partial charge in [-0.15, -0.1) is 0 Å². The molecule has 0 spiro atoms. The number of nitrogens with zero attached hydrogens (tertiary/aromatic N) is 6. The summed E-state index contributed by atoms with van der Waals surface area (Å²) in [4.78, 5) is 15.8. The maximum Gasteiger partial charge on any atom is 0.238 e. The van der Waals surface area contributed by atoms with Gasteiger partial charge < -0.3 is 9.13 Å². The van der Waals surface area contributed by atoms with Crippen molar-refractivity contribution in [3.63, 3.8) is 0 Å². The topological polar surface area (TPSA) is 53.5 Å². The molecule has 0 unspecified atom stereocenters. The van der Waals surface area contributed by atoms with Crippen molar-refractivity contribution in [1.82, 2.24) is 28.7 Å². The molecule has 10 rings (SSSR count). The second-order valence-electron chi connectivity index (χ2n) is 14.3. The predicted octanol–water partition coefficient (Wildman–Crippen LogP) is 12.9. The molecule has 0 radical (unpaired) electrons. The van der Waals surface area contributed by atoms with Crippen molar-refractivity contribution in [3.05, 3.63) is 207 Å². The van der Waals surface area contributed by atoms with E-state index in [0.717, 1.165) is 71.9 Å². The summed E-state index contributed by atoms with van der Waals surface area (Å²) in [5.41, 5.74) is 11.3. The summed E-state index contributed by atoms with van der Waals surface area (Å²) in [5.74, 6) is 1.54. The summed E-state index contributed by atoms with van der Waals surface area (Å²) >= 11 is 0. The third-order valence-electron chi connectivity index (χ3n) is 11.0. The van der Waals surface area contributed by atoms with Crippen molar-refractivity contribution < 1.29 is 0 Å². The fourth-order valence-corrected chi connectivity index (χ4v) is 8.48. The quantitative estimate of drug-likeness (QED) is 0.138. The monoisotopic (exact) mass is 746 g/mol. The van der Waals surface area contributed by atoms with E-state index in [2.05, 4.69) is 186 Å². The van der Waals surface area contributed by atoms with Crippen molar-refractivity contribution >= 4 is 66.2 Å². The number of rotatable bonds is 9. The molecule has 0 atom stereocenters. The summed E-state index contributed by atoms with van der Waals surface area (Å²) in [6, 6.07) is 49.0. The molecule has 6 heteroatoms. The Morgan fingerprint density at radius 3 is 1.81 bits per heavy atom. The molecule has 4 aromatic heterocycles. The molecule has 6 aromatic carbocycles. The summed E-state index contributed by atoms with van der Waals surface area (Å²) in [7, 11) is 0. The van der Waals surface area contributed by atoms with E-state index in [1.54, 1.807) is 12.2 Å². The average molecular weight is 747 g/mol. The van der Waals surface area contributed by atoms with E-state index in [0.29, 0.717) is 17.6 Å². The summed E-state index contributed by atoms with van der Waals surface area (Å²) in [6.07, 6.45) is 11.3. The lowest BCUT2D eigenvalue weighted by molar-refractivity contribution is 0.932. The van der Waals surface area contributed by atoms with Crippen molar-refractivity contribution in [1.29, 1.82) is 0 Å². The van der Waals surface area contributed by atoms with Gasteiger partial charge in [0.15, 0.2) is 11.6 Å². The molecule has 6 nitrogen and oxygen atoms in total. The minimum Gasteiger partial charge on any atom is -0.310 e. The van der Waals surface area contributed by atoms with Gasteiger partial charge >= 0.3 is 0 Å². The van der Waals surface area contributed by atoms with E-state index >= 15 is 0 Å². The van der Waals surface area contributed by atoms with Crippen molar-refractivity contribution in [3.8, 4) is 28.7 Å². The van der Waals surface area contributed by atoms with E-state index in [1.807, 2.05) is 18.2 Å². The SMILES string of the molecule is C=C/C=C\c1c(C)c2ccccc2n1-c1cccc(-c2nc(/C(C=C)=C/C=C)nc(-n3c4ccccc4c4ccc5c6ccccc6n(-c6ccccc6)c5c43)n2)c1. The number of para-hydroxylation sites is 4. The molecular weight excluding hydrogens is 709 g/mol. The first-order valence-corrected chi connectivity index (χ1v) is 19.3. The smallest absolute Gasteiger partial charge is 0.238 e. The van der Waals surface area contributed by atoms with Crippen LogP contribution in [0.1, 0.15) is 17.1 Å². The maximum absolute atomic E-state index is 5.37. The standard InChI is InChI=1S/C52H38N6/c1-5-8-27-44-34(4)39-24-12-15-28-45(39)56(44)38-23-18-20-36(33-38)51-53-50(35(7-3)19-6-2)54-52(55-51)58-47-30-17-14-26-41(47)43-32-31-42-40-25-13-16-29-46(40)57(48(42)49(43)58)37-21-10-9-11-22-37/h5-33H,1-3H2,4H3/b27-8-,35-19+. The molecule has 0 N–H and O–H groups in total. The van der Waals surface area contributed by atoms with Gasteiger partial charge in [-0.25, -0.2) is 4.98 Å². The van der Waals surface area contributed by atoms with Crippen LogP contribution in [0.15, 0.2) is 190 Å². The van der Waals surface area contributed by atoms with Crippen LogP contribution in [0.3, 0.4) is 0 Å². The minimum atomic E-state index is 0.499. The Bertz CT molecular complexity index is 3350. The number of aryl methyl sites for hydroxylation is 1. The van der Waals surface area contributed by atoms with Crippen LogP contribution >= 0.6 is 0 Å². The molecule has 0 aliphatic carbocycles. The zero-order valence-electron chi connectivity index (χ0n) is 32.0. The third-order valence-corrected chi connectivity index (χ3v) is 11.0. The Labute approximate surface area is 336 Å². The highest BCUT2D eigenvalue weighted by molar-refractivity contribution is 6.23. The molecule has 0 saturated heterocycles. The van der Waals surface area contributed by atoms with Gasteiger partial charge in [-0.3, -0.25) is 4.57 Å².